The van der Waals surface area contributed by atoms with Crippen LogP contribution in [0.4, 0.5) is 5.69 Å². The van der Waals surface area contributed by atoms with Crippen molar-refractivity contribution >= 4 is 68.8 Å². The van der Waals surface area contributed by atoms with Gasteiger partial charge in [0.25, 0.3) is 0 Å². The van der Waals surface area contributed by atoms with Crippen LogP contribution < -0.4 is 16.0 Å². The van der Waals surface area contributed by atoms with E-state index in [0.29, 0.717) is 19.5 Å². The monoisotopic (exact) mass is 548 g/mol. The lowest BCUT2D eigenvalue weighted by molar-refractivity contribution is -0.116. The highest BCUT2D eigenvalue weighted by molar-refractivity contribution is 14.0. The molecule has 1 amide bonds. The first-order valence-electron chi connectivity index (χ1n) is 8.29. The maximum absolute atomic E-state index is 11.9. The molecule has 2 heterocycles. The molecule has 0 radical (unpaired) electrons. The minimum Gasteiger partial charge on any atom is -0.357 e. The number of amides is 1. The molecule has 26 heavy (non-hydrogen) atoms. The molecule has 5 nitrogen and oxygen atoms in total. The van der Waals surface area contributed by atoms with Crippen molar-refractivity contribution in [3.63, 3.8) is 0 Å². The van der Waals surface area contributed by atoms with Crippen LogP contribution in [0.15, 0.2) is 45.2 Å². The molecule has 1 atom stereocenters. The standard InChI is InChI=1S/C18H21BrN4OS.HI/c1-2-20-18(22-10-14-8-13(19)11-25-14)21-9-12-7-17(24)23-16-6-4-3-5-15(12)16;/h3-6,8,11-12H,2,7,9-10H2,1H3,(H,23,24)(H2,20,21,22);1H. The minimum atomic E-state index is 0. The molecule has 0 fully saturated rings. The number of hydrogen-bond donors (Lipinski definition) is 3. The van der Waals surface area contributed by atoms with Crippen LogP contribution in [0.1, 0.15) is 29.7 Å². The fraction of sp³-hybridized carbons (Fsp3) is 0.333. The summed E-state index contributed by atoms with van der Waals surface area (Å²) in [5.41, 5.74) is 2.09. The first-order chi connectivity index (χ1) is 12.2. The Kier molecular flexibility index (Phi) is 8.36. The lowest BCUT2D eigenvalue weighted by Gasteiger charge is -2.26. The van der Waals surface area contributed by atoms with Crippen molar-refractivity contribution in [3.05, 3.63) is 50.6 Å². The average molecular weight is 549 g/mol. The van der Waals surface area contributed by atoms with E-state index in [0.717, 1.165) is 22.7 Å². The summed E-state index contributed by atoms with van der Waals surface area (Å²) in [4.78, 5) is 17.8. The normalized spacial score (nSPS) is 16.3. The summed E-state index contributed by atoms with van der Waals surface area (Å²) < 4.78 is 1.09. The van der Waals surface area contributed by atoms with Gasteiger partial charge < -0.3 is 16.0 Å². The van der Waals surface area contributed by atoms with Crippen LogP contribution in [0.2, 0.25) is 0 Å². The predicted octanol–water partition coefficient (Wildman–Crippen LogP) is 4.31. The first-order valence-corrected chi connectivity index (χ1v) is 9.97. The molecule has 1 unspecified atom stereocenters. The summed E-state index contributed by atoms with van der Waals surface area (Å²) in [5, 5.41) is 11.6. The Morgan fingerprint density at radius 3 is 2.92 bits per heavy atom. The molecule has 3 rings (SSSR count). The molecular weight excluding hydrogens is 527 g/mol. The molecule has 1 aliphatic rings. The van der Waals surface area contributed by atoms with Crippen LogP contribution >= 0.6 is 51.2 Å². The second-order valence-corrected chi connectivity index (χ2v) is 7.76. The van der Waals surface area contributed by atoms with Gasteiger partial charge in [-0.05, 0) is 40.5 Å². The number of rotatable bonds is 5. The summed E-state index contributed by atoms with van der Waals surface area (Å²) in [6.45, 7) is 4.14. The lowest BCUT2D eigenvalue weighted by Crippen LogP contribution is -2.40. The van der Waals surface area contributed by atoms with Gasteiger partial charge >= 0.3 is 0 Å². The largest absolute Gasteiger partial charge is 0.357 e. The first kappa shape index (κ1) is 21.2. The van der Waals surface area contributed by atoms with Crippen LogP contribution in [-0.4, -0.2) is 25.0 Å². The van der Waals surface area contributed by atoms with Crippen molar-refractivity contribution in [1.82, 2.24) is 10.6 Å². The van der Waals surface area contributed by atoms with Crippen LogP contribution in [0.5, 0.6) is 0 Å². The van der Waals surface area contributed by atoms with E-state index in [9.17, 15) is 4.79 Å². The Morgan fingerprint density at radius 2 is 2.19 bits per heavy atom. The maximum Gasteiger partial charge on any atom is 0.225 e. The van der Waals surface area contributed by atoms with E-state index in [1.807, 2.05) is 25.1 Å². The van der Waals surface area contributed by atoms with E-state index in [2.05, 4.69) is 54.4 Å². The van der Waals surface area contributed by atoms with E-state index in [4.69, 9.17) is 0 Å². The van der Waals surface area contributed by atoms with Crippen molar-refractivity contribution in [2.75, 3.05) is 18.4 Å². The van der Waals surface area contributed by atoms with Gasteiger partial charge in [0.15, 0.2) is 5.96 Å². The number of benzene rings is 1. The molecule has 8 heteroatoms. The molecule has 1 aromatic carbocycles. The number of carbonyl (C=O) groups excluding carboxylic acids is 1. The van der Waals surface area contributed by atoms with Gasteiger partial charge in [-0.1, -0.05) is 18.2 Å². The Balaban J connectivity index is 0.00000243. The maximum atomic E-state index is 11.9. The molecule has 0 bridgehead atoms. The molecule has 140 valence electrons. The van der Waals surface area contributed by atoms with E-state index in [1.54, 1.807) is 11.3 Å². The van der Waals surface area contributed by atoms with Gasteiger partial charge in [0.2, 0.25) is 5.91 Å². The van der Waals surface area contributed by atoms with E-state index >= 15 is 0 Å². The zero-order chi connectivity index (χ0) is 17.6. The predicted molar refractivity (Wildman–Crippen MR) is 123 cm³/mol. The number of thiophene rings is 1. The number of aliphatic imine (C=N–C) groups is 1. The van der Waals surface area contributed by atoms with Crippen molar-refractivity contribution in [1.29, 1.82) is 0 Å². The highest BCUT2D eigenvalue weighted by Gasteiger charge is 2.24. The Morgan fingerprint density at radius 1 is 1.38 bits per heavy atom. The topological polar surface area (TPSA) is 65.5 Å². The van der Waals surface area contributed by atoms with Crippen LogP contribution in [-0.2, 0) is 11.3 Å². The minimum absolute atomic E-state index is 0. The Bertz CT molecular complexity index is 780. The third kappa shape index (κ3) is 5.68. The molecule has 3 N–H and O–H groups in total. The van der Waals surface area contributed by atoms with Gasteiger partial charge in [0.05, 0.1) is 6.54 Å². The van der Waals surface area contributed by atoms with E-state index in [1.165, 1.54) is 10.4 Å². The number of anilines is 1. The van der Waals surface area contributed by atoms with Crippen LogP contribution in [0.3, 0.4) is 0 Å². The fourth-order valence-electron chi connectivity index (χ4n) is 2.84. The van der Waals surface area contributed by atoms with Gasteiger partial charge in [-0.15, -0.1) is 35.3 Å². The summed E-state index contributed by atoms with van der Waals surface area (Å²) in [6.07, 6.45) is 0.487. The van der Waals surface area contributed by atoms with Crippen LogP contribution in [0.25, 0.3) is 0 Å². The fourth-order valence-corrected chi connectivity index (χ4v) is 4.21. The van der Waals surface area contributed by atoms with E-state index in [-0.39, 0.29) is 35.8 Å². The lowest BCUT2D eigenvalue weighted by atomic mass is 9.90. The van der Waals surface area contributed by atoms with Gasteiger partial charge in [0, 0.05) is 45.8 Å². The molecule has 0 saturated carbocycles. The van der Waals surface area contributed by atoms with Crippen molar-refractivity contribution in [2.45, 2.75) is 25.8 Å². The Hall–Kier alpha value is -1.13. The number of para-hydroxylation sites is 1. The zero-order valence-corrected chi connectivity index (χ0v) is 19.2. The molecule has 0 spiro atoms. The summed E-state index contributed by atoms with van der Waals surface area (Å²) in [5.74, 6) is 0.982. The third-order valence-corrected chi connectivity index (χ3v) is 5.66. The number of nitrogens with one attached hydrogen (secondary N) is 3. The van der Waals surface area contributed by atoms with Gasteiger partial charge in [-0.2, -0.15) is 0 Å². The Labute approximate surface area is 183 Å². The zero-order valence-electron chi connectivity index (χ0n) is 14.4. The van der Waals surface area contributed by atoms with Gasteiger partial charge in [-0.25, -0.2) is 4.99 Å². The molecule has 1 aliphatic heterocycles. The molecule has 0 aliphatic carbocycles. The van der Waals surface area contributed by atoms with Crippen molar-refractivity contribution < 1.29 is 4.79 Å². The number of guanidine groups is 1. The molecule has 0 saturated heterocycles. The smallest absolute Gasteiger partial charge is 0.225 e. The number of carbonyl (C=O) groups is 1. The van der Waals surface area contributed by atoms with Gasteiger partial charge in [-0.3, -0.25) is 4.79 Å². The molecule has 1 aromatic heterocycles. The average Bonchev–Trinajstić information content (AvgIpc) is 3.02. The summed E-state index contributed by atoms with van der Waals surface area (Å²) in [7, 11) is 0. The van der Waals surface area contributed by atoms with E-state index < -0.39 is 0 Å². The van der Waals surface area contributed by atoms with Crippen molar-refractivity contribution in [2.24, 2.45) is 4.99 Å². The van der Waals surface area contributed by atoms with Crippen LogP contribution in [0, 0.1) is 0 Å². The highest BCUT2D eigenvalue weighted by Crippen LogP contribution is 2.31. The number of nitrogens with zero attached hydrogens (tertiary/aromatic N) is 1. The second kappa shape index (κ2) is 10.3. The second-order valence-electron chi connectivity index (χ2n) is 5.84. The highest BCUT2D eigenvalue weighted by atomic mass is 127. The van der Waals surface area contributed by atoms with Crippen molar-refractivity contribution in [3.8, 4) is 0 Å². The number of hydrogen-bond acceptors (Lipinski definition) is 3. The number of fused-ring (bicyclic) bond motifs is 1. The van der Waals surface area contributed by atoms with Gasteiger partial charge in [0.1, 0.15) is 0 Å². The molecular formula is C18H22BrIN4OS. The SMILES string of the molecule is CCNC(=NCc1cc(Br)cs1)NCC1CC(=O)Nc2ccccc21.I. The molecule has 2 aromatic rings. The number of halogens is 2. The third-order valence-electron chi connectivity index (χ3n) is 3.98. The summed E-state index contributed by atoms with van der Waals surface area (Å²) in [6, 6.07) is 10.1. The quantitative estimate of drug-likeness (QED) is 0.296. The summed E-state index contributed by atoms with van der Waals surface area (Å²) >= 11 is 5.15.